The van der Waals surface area contributed by atoms with Crippen LogP contribution in [0.5, 0.6) is 0 Å². The topological polar surface area (TPSA) is 121 Å². The Morgan fingerprint density at radius 1 is 1.00 bits per heavy atom. The summed E-state index contributed by atoms with van der Waals surface area (Å²) in [5.41, 5.74) is 0. The van der Waals surface area contributed by atoms with Crippen LogP contribution in [-0.2, 0) is 9.35 Å². The van der Waals surface area contributed by atoms with E-state index in [1.54, 1.807) is 0 Å². The van der Waals surface area contributed by atoms with Crippen molar-refractivity contribution in [2.75, 3.05) is 0 Å². The molecule has 0 aromatic heterocycles. The second-order valence-electron chi connectivity index (χ2n) is 0.982. The van der Waals surface area contributed by atoms with Crippen LogP contribution in [-0.4, -0.2) is 32.0 Å². The molecule has 8 heavy (non-hydrogen) atoms. The maximum atomic E-state index is 7.89. The van der Waals surface area contributed by atoms with Crippen molar-refractivity contribution in [1.82, 2.24) is 6.15 Å². The summed E-state index contributed by atoms with van der Waals surface area (Å²) in [5, 5.41) is 0. The molecule has 52 valence electrons. The molecule has 0 aliphatic carbocycles. The van der Waals surface area contributed by atoms with Gasteiger partial charge in [-0.15, -0.1) is 0 Å². The third kappa shape index (κ3) is 3.69. The monoisotopic (exact) mass is 161 g/mol. The molecule has 0 spiro atoms. The molecule has 1 aliphatic heterocycles. The molecule has 1 heterocycles. The molecule has 0 unspecified atom stereocenters. The Kier molecular flexibility index (Phi) is 3.10. The summed E-state index contributed by atoms with van der Waals surface area (Å²) in [4.78, 5) is 23.7. The van der Waals surface area contributed by atoms with Gasteiger partial charge in [-0.25, -0.2) is 0 Å². The summed E-state index contributed by atoms with van der Waals surface area (Å²) in [6, 6.07) is 0. The van der Waals surface area contributed by atoms with Crippen molar-refractivity contribution in [3.8, 4) is 0 Å². The Bertz CT molecular complexity index is 76.2. The summed E-state index contributed by atoms with van der Waals surface area (Å²) < 4.78 is 6.76. The van der Waals surface area contributed by atoms with Gasteiger partial charge in [0.15, 0.2) is 17.4 Å². The Hall–Kier alpha value is 0.722. The molecule has 6 nitrogen and oxygen atoms in total. The third-order valence-corrected chi connectivity index (χ3v) is 0.824. The number of hydrogen-bond acceptors (Lipinski definition) is 6. The normalized spacial score (nSPS) is 32.1. The van der Waals surface area contributed by atoms with Crippen molar-refractivity contribution < 1.29 is 24.0 Å². The van der Waals surface area contributed by atoms with Gasteiger partial charge in [-0.2, -0.15) is 0 Å². The largest absolute Gasteiger partial charge is 0.187 e. The molecule has 1 rings (SSSR count). The molecule has 0 bridgehead atoms. The summed E-state index contributed by atoms with van der Waals surface area (Å²) in [5.74, 6) is 0. The molecule has 0 aromatic carbocycles. The van der Waals surface area contributed by atoms with Gasteiger partial charge in [0.25, 0.3) is 0 Å². The van der Waals surface area contributed by atoms with Crippen LogP contribution in [0.15, 0.2) is 0 Å². The molecular weight excluding hydrogens is 152 g/mol. The van der Waals surface area contributed by atoms with E-state index in [-0.39, 0.29) is 23.5 Å². The van der Waals surface area contributed by atoms with Gasteiger partial charge >= 0.3 is 31.8 Å². The zero-order valence-corrected chi connectivity index (χ0v) is 4.21. The fourth-order valence-electron chi connectivity index (χ4n) is 0.0447. The summed E-state index contributed by atoms with van der Waals surface area (Å²) in [6.07, 6.45) is 0. The van der Waals surface area contributed by atoms with Crippen molar-refractivity contribution in [3.05, 3.63) is 0 Å². The van der Waals surface area contributed by atoms with Gasteiger partial charge in [-0.05, 0) is 0 Å². The summed E-state index contributed by atoms with van der Waals surface area (Å²) in [7, 11) is -4.80. The Balaban J connectivity index is 0. The molecule has 1 fully saturated rings. The minimum atomic E-state index is -4.80. The van der Waals surface area contributed by atoms with E-state index in [2.05, 4.69) is 9.35 Å². The van der Waals surface area contributed by atoms with Crippen LogP contribution in [0.4, 0.5) is 0 Å². The van der Waals surface area contributed by atoms with Gasteiger partial charge in [-0.3, -0.25) is 0 Å². The van der Waals surface area contributed by atoms with E-state index in [1.165, 1.54) is 0 Å². The van der Waals surface area contributed by atoms with E-state index in [0.717, 1.165) is 0 Å². The number of rotatable bonds is 0. The molecule has 8 heteroatoms. The van der Waals surface area contributed by atoms with Crippen molar-refractivity contribution in [2.24, 2.45) is 0 Å². The van der Waals surface area contributed by atoms with Gasteiger partial charge in [-0.1, -0.05) is 0 Å². The van der Waals surface area contributed by atoms with E-state index < -0.39 is 7.74 Å². The number of hydrogen-bond donors (Lipinski definition) is 4. The quantitative estimate of drug-likeness (QED) is 0.141. The molecule has 0 aromatic rings. The minimum absolute atomic E-state index is 0. The molecule has 0 amide bonds. The van der Waals surface area contributed by atoms with Crippen molar-refractivity contribution in [1.29, 1.82) is 0 Å². The summed E-state index contributed by atoms with van der Waals surface area (Å²) in [6.45, 7) is 0. The van der Waals surface area contributed by atoms with Crippen LogP contribution in [0.3, 0.4) is 0 Å². The zero-order chi connectivity index (χ0) is 4.86. The van der Waals surface area contributed by atoms with E-state index in [4.69, 9.17) is 14.7 Å². The first kappa shape index (κ1) is 11.5. The van der Waals surface area contributed by atoms with Crippen LogP contribution >= 0.6 is 7.74 Å². The van der Waals surface area contributed by atoms with Gasteiger partial charge in [0.05, 0.1) is 0 Å². The fourth-order valence-corrected chi connectivity index (χ4v) is 0.402. The molecule has 1 saturated heterocycles. The van der Waals surface area contributed by atoms with E-state index in [1.807, 2.05) is 0 Å². The summed E-state index contributed by atoms with van der Waals surface area (Å²) >= 11 is 0. The average Bonchev–Trinajstić information content (AvgIpc) is 1.73. The molecule has 0 radical (unpaired) electrons. The SMILES string of the molecule is N.OP1(O)(O)OO1.[AlH3]. The smallest absolute Gasteiger partial charge is 0.187 e. The predicted octanol–water partition coefficient (Wildman–Crippen LogP) is -1.97. The second-order valence-corrected chi connectivity index (χ2v) is 2.95. The van der Waals surface area contributed by atoms with Crippen molar-refractivity contribution in [2.45, 2.75) is 0 Å². The second kappa shape index (κ2) is 2.16. The predicted molar refractivity (Wildman–Crippen MR) is 30.7 cm³/mol. The minimum Gasteiger partial charge on any atom is 0.187 e. The van der Waals surface area contributed by atoms with E-state index in [9.17, 15) is 0 Å². The average molecular weight is 161 g/mol. The molecule has 0 saturated carbocycles. The standard InChI is InChI=1S/Al.H3N.H3O5P.3H/c;;1-6(2,3)4-5-6;;;/h;1H3;1-3H;;;. The van der Waals surface area contributed by atoms with Gasteiger partial charge in [0, 0.05) is 0 Å². The Morgan fingerprint density at radius 3 is 1.12 bits per heavy atom. The van der Waals surface area contributed by atoms with Crippen LogP contribution in [0.25, 0.3) is 0 Å². The van der Waals surface area contributed by atoms with Crippen LogP contribution < -0.4 is 6.15 Å². The molecule has 0 atom stereocenters. The Morgan fingerprint density at radius 2 is 1.12 bits per heavy atom. The van der Waals surface area contributed by atoms with Gasteiger partial charge in [0.1, 0.15) is 0 Å². The van der Waals surface area contributed by atoms with E-state index in [0.29, 0.717) is 0 Å². The van der Waals surface area contributed by atoms with Gasteiger partial charge in [0.2, 0.25) is 0 Å². The maximum Gasteiger partial charge on any atom is 0.187 e. The first-order chi connectivity index (χ1) is 2.47. The zero-order valence-electron chi connectivity index (χ0n) is 3.31. The Labute approximate surface area is 56.0 Å². The molecular formula is H9AlNO5P. The van der Waals surface area contributed by atoms with Gasteiger partial charge < -0.3 is 6.15 Å². The van der Waals surface area contributed by atoms with Crippen LogP contribution in [0, 0.1) is 0 Å². The van der Waals surface area contributed by atoms with Crippen LogP contribution in [0.1, 0.15) is 0 Å². The maximum absolute atomic E-state index is 7.89. The van der Waals surface area contributed by atoms with Crippen molar-refractivity contribution in [3.63, 3.8) is 0 Å². The molecule has 6 N–H and O–H groups in total. The fraction of sp³-hybridized carbons (Fsp3) is 0. The molecule has 1 aliphatic rings. The van der Waals surface area contributed by atoms with E-state index >= 15 is 0 Å². The first-order valence-corrected chi connectivity index (χ1v) is 3.06. The third-order valence-electron chi connectivity index (χ3n) is 0.275. The van der Waals surface area contributed by atoms with Crippen LogP contribution in [0.2, 0.25) is 0 Å². The first-order valence-electron chi connectivity index (χ1n) is 1.13. The van der Waals surface area contributed by atoms with Crippen molar-refractivity contribution >= 4 is 25.1 Å².